The van der Waals surface area contributed by atoms with Gasteiger partial charge in [-0.3, -0.25) is 14.5 Å². The molecular weight excluding hydrogens is 302 g/mol. The van der Waals surface area contributed by atoms with Crippen molar-refractivity contribution >= 4 is 11.8 Å². The summed E-state index contributed by atoms with van der Waals surface area (Å²) >= 11 is 0. The number of rotatable bonds is 7. The van der Waals surface area contributed by atoms with Crippen LogP contribution in [-0.4, -0.2) is 59.9 Å². The van der Waals surface area contributed by atoms with Gasteiger partial charge in [0.1, 0.15) is 0 Å². The van der Waals surface area contributed by atoms with E-state index in [1.165, 1.54) is 25.7 Å². The summed E-state index contributed by atoms with van der Waals surface area (Å²) in [5, 5.41) is 3.08. The summed E-state index contributed by atoms with van der Waals surface area (Å²) < 4.78 is 0. The maximum atomic E-state index is 12.3. The molecule has 0 bridgehead atoms. The predicted molar refractivity (Wildman–Crippen MR) is 96.7 cm³/mol. The fourth-order valence-corrected chi connectivity index (χ4v) is 3.65. The molecule has 2 amide bonds. The topological polar surface area (TPSA) is 52.7 Å². The maximum absolute atomic E-state index is 12.3. The lowest BCUT2D eigenvalue weighted by molar-refractivity contribution is -0.133. The van der Waals surface area contributed by atoms with Gasteiger partial charge in [0, 0.05) is 38.1 Å². The van der Waals surface area contributed by atoms with Crippen molar-refractivity contribution in [1.82, 2.24) is 15.1 Å². The number of nitrogens with one attached hydrogen (secondary N) is 1. The summed E-state index contributed by atoms with van der Waals surface area (Å²) in [6.07, 6.45) is 7.99. The van der Waals surface area contributed by atoms with Gasteiger partial charge in [0.25, 0.3) is 0 Å². The summed E-state index contributed by atoms with van der Waals surface area (Å²) in [6, 6.07) is 0. The average molecular weight is 338 g/mol. The van der Waals surface area contributed by atoms with Crippen molar-refractivity contribution in [3.8, 4) is 0 Å². The number of piperazine rings is 1. The first-order chi connectivity index (χ1) is 11.4. The smallest absolute Gasteiger partial charge is 0.234 e. The van der Waals surface area contributed by atoms with Crippen molar-refractivity contribution < 1.29 is 9.59 Å². The second-order valence-electron chi connectivity index (χ2n) is 8.13. The summed E-state index contributed by atoms with van der Waals surface area (Å²) in [4.78, 5) is 28.6. The van der Waals surface area contributed by atoms with Crippen molar-refractivity contribution in [1.29, 1.82) is 0 Å². The molecule has 0 aromatic rings. The average Bonchev–Trinajstić information content (AvgIpc) is 3.06. The Morgan fingerprint density at radius 3 is 2.29 bits per heavy atom. The van der Waals surface area contributed by atoms with Crippen LogP contribution in [0.3, 0.4) is 0 Å². The third-order valence-electron chi connectivity index (χ3n) is 5.70. The van der Waals surface area contributed by atoms with Gasteiger partial charge in [-0.05, 0) is 32.6 Å². The van der Waals surface area contributed by atoms with Gasteiger partial charge in [-0.25, -0.2) is 0 Å². The Hall–Kier alpha value is -1.10. The van der Waals surface area contributed by atoms with E-state index < -0.39 is 0 Å². The number of carbonyl (C=O) groups excluding carboxylic acids is 2. The fourth-order valence-electron chi connectivity index (χ4n) is 3.65. The zero-order valence-corrected chi connectivity index (χ0v) is 15.8. The fraction of sp³-hybridized carbons (Fsp3) is 0.895. The molecule has 138 valence electrons. The van der Waals surface area contributed by atoms with Crippen LogP contribution in [0.2, 0.25) is 0 Å². The maximum Gasteiger partial charge on any atom is 0.234 e. The molecule has 1 aliphatic carbocycles. The molecule has 1 N–H and O–H groups in total. The van der Waals surface area contributed by atoms with Crippen molar-refractivity contribution in [2.45, 2.75) is 71.3 Å². The first-order valence-corrected chi connectivity index (χ1v) is 9.71. The molecule has 1 heterocycles. The van der Waals surface area contributed by atoms with Crippen LogP contribution in [0.15, 0.2) is 0 Å². The van der Waals surface area contributed by atoms with Crippen molar-refractivity contribution in [2.75, 3.05) is 32.7 Å². The molecule has 5 heteroatoms. The van der Waals surface area contributed by atoms with Crippen LogP contribution in [0, 0.1) is 5.92 Å². The van der Waals surface area contributed by atoms with Gasteiger partial charge in [0.2, 0.25) is 11.8 Å². The molecule has 2 aliphatic rings. The minimum Gasteiger partial charge on any atom is -0.350 e. The SMILES string of the molecule is CCC(C)(C)NC(=O)CN1CCN(C(=O)CCC2CCCC2)CC1. The highest BCUT2D eigenvalue weighted by molar-refractivity contribution is 5.79. The molecule has 24 heavy (non-hydrogen) atoms. The molecule has 1 saturated carbocycles. The molecule has 0 radical (unpaired) electrons. The van der Waals surface area contributed by atoms with E-state index in [9.17, 15) is 9.59 Å². The minimum atomic E-state index is -0.144. The highest BCUT2D eigenvalue weighted by atomic mass is 16.2. The number of nitrogens with zero attached hydrogens (tertiary/aromatic N) is 2. The largest absolute Gasteiger partial charge is 0.350 e. The van der Waals surface area contributed by atoms with Crippen LogP contribution in [0.4, 0.5) is 0 Å². The molecule has 1 saturated heterocycles. The van der Waals surface area contributed by atoms with Crippen LogP contribution < -0.4 is 5.32 Å². The standard InChI is InChI=1S/C19H35N3O2/c1-4-19(2,3)20-17(23)15-21-11-13-22(14-12-21)18(24)10-9-16-7-5-6-8-16/h16H,4-15H2,1-3H3,(H,20,23). The summed E-state index contributed by atoms with van der Waals surface area (Å²) in [6.45, 7) is 9.73. The predicted octanol–water partition coefficient (Wildman–Crippen LogP) is 2.41. The minimum absolute atomic E-state index is 0.0860. The van der Waals surface area contributed by atoms with Gasteiger partial charge in [-0.15, -0.1) is 0 Å². The van der Waals surface area contributed by atoms with Crippen LogP contribution in [0.25, 0.3) is 0 Å². The van der Waals surface area contributed by atoms with Crippen molar-refractivity contribution in [3.63, 3.8) is 0 Å². The van der Waals surface area contributed by atoms with Crippen LogP contribution in [0.1, 0.15) is 65.7 Å². The lowest BCUT2D eigenvalue weighted by Gasteiger charge is -2.35. The molecule has 2 fully saturated rings. The van der Waals surface area contributed by atoms with E-state index in [0.717, 1.165) is 44.9 Å². The monoisotopic (exact) mass is 337 g/mol. The zero-order chi connectivity index (χ0) is 17.6. The highest BCUT2D eigenvalue weighted by Gasteiger charge is 2.25. The molecule has 0 atom stereocenters. The van der Waals surface area contributed by atoms with E-state index in [1.54, 1.807) is 0 Å². The van der Waals surface area contributed by atoms with E-state index in [0.29, 0.717) is 18.9 Å². The first-order valence-electron chi connectivity index (χ1n) is 9.71. The normalized spacial score (nSPS) is 20.4. The molecule has 0 unspecified atom stereocenters. The summed E-state index contributed by atoms with van der Waals surface area (Å²) in [5.41, 5.74) is -0.144. The molecule has 1 aliphatic heterocycles. The Morgan fingerprint density at radius 2 is 1.71 bits per heavy atom. The third-order valence-corrected chi connectivity index (χ3v) is 5.70. The van der Waals surface area contributed by atoms with E-state index in [-0.39, 0.29) is 11.4 Å². The van der Waals surface area contributed by atoms with Gasteiger partial charge < -0.3 is 10.2 Å². The third kappa shape index (κ3) is 6.08. The van der Waals surface area contributed by atoms with Gasteiger partial charge in [-0.1, -0.05) is 32.6 Å². The van der Waals surface area contributed by atoms with Crippen LogP contribution in [-0.2, 0) is 9.59 Å². The quantitative estimate of drug-likeness (QED) is 0.776. The molecule has 0 spiro atoms. The number of carbonyl (C=O) groups is 2. The number of hydrogen-bond acceptors (Lipinski definition) is 3. The molecular formula is C19H35N3O2. The van der Waals surface area contributed by atoms with Gasteiger partial charge >= 0.3 is 0 Å². The Labute approximate surface area is 147 Å². The van der Waals surface area contributed by atoms with Gasteiger partial charge in [-0.2, -0.15) is 0 Å². The zero-order valence-electron chi connectivity index (χ0n) is 15.8. The highest BCUT2D eigenvalue weighted by Crippen LogP contribution is 2.28. The number of hydrogen-bond donors (Lipinski definition) is 1. The Morgan fingerprint density at radius 1 is 1.08 bits per heavy atom. The van der Waals surface area contributed by atoms with Crippen molar-refractivity contribution in [3.05, 3.63) is 0 Å². The van der Waals surface area contributed by atoms with Gasteiger partial charge in [0.15, 0.2) is 0 Å². The van der Waals surface area contributed by atoms with Crippen molar-refractivity contribution in [2.24, 2.45) is 5.92 Å². The van der Waals surface area contributed by atoms with E-state index in [2.05, 4.69) is 17.1 Å². The number of amides is 2. The van der Waals surface area contributed by atoms with Crippen LogP contribution >= 0.6 is 0 Å². The lowest BCUT2D eigenvalue weighted by atomic mass is 10.0. The molecule has 5 nitrogen and oxygen atoms in total. The Bertz CT molecular complexity index is 422. The van der Waals surface area contributed by atoms with E-state index >= 15 is 0 Å². The summed E-state index contributed by atoms with van der Waals surface area (Å²) in [7, 11) is 0. The van der Waals surface area contributed by atoms with Gasteiger partial charge in [0.05, 0.1) is 6.54 Å². The second kappa shape index (κ2) is 8.84. The van der Waals surface area contributed by atoms with Crippen LogP contribution in [0.5, 0.6) is 0 Å². The van der Waals surface area contributed by atoms with E-state index in [4.69, 9.17) is 0 Å². The molecule has 2 rings (SSSR count). The Kier molecular flexibility index (Phi) is 7.08. The molecule has 0 aromatic carbocycles. The first kappa shape index (κ1) is 19.2. The lowest BCUT2D eigenvalue weighted by Crippen LogP contribution is -2.53. The molecule has 0 aromatic heterocycles. The Balaban J connectivity index is 1.65. The van der Waals surface area contributed by atoms with E-state index in [1.807, 2.05) is 18.7 Å². The second-order valence-corrected chi connectivity index (χ2v) is 8.13. The summed E-state index contributed by atoms with van der Waals surface area (Å²) in [5.74, 6) is 1.17.